The monoisotopic (exact) mass is 347 g/mol. The molecule has 1 unspecified atom stereocenters. The van der Waals surface area contributed by atoms with Gasteiger partial charge in [-0.2, -0.15) is 0 Å². The summed E-state index contributed by atoms with van der Waals surface area (Å²) in [4.78, 5) is 12.4. The molecule has 0 radical (unpaired) electrons. The van der Waals surface area contributed by atoms with E-state index in [2.05, 4.69) is 9.97 Å². The van der Waals surface area contributed by atoms with Crippen molar-refractivity contribution < 1.29 is 8.53 Å². The van der Waals surface area contributed by atoms with Crippen LogP contribution in [-0.4, -0.2) is 23.1 Å². The van der Waals surface area contributed by atoms with Crippen LogP contribution >= 0.6 is 0 Å². The predicted octanol–water partition coefficient (Wildman–Crippen LogP) is 4.93. The number of hydrogen-bond acceptors (Lipinski definition) is 5. The van der Waals surface area contributed by atoms with Crippen molar-refractivity contribution in [2.45, 2.75) is 26.9 Å². The molecule has 1 aliphatic heterocycles. The van der Waals surface area contributed by atoms with Crippen molar-refractivity contribution in [2.75, 3.05) is 16.8 Å². The van der Waals surface area contributed by atoms with Gasteiger partial charge in [-0.3, -0.25) is 0 Å². The number of anilines is 3. The number of rotatable bonds is 1. The van der Waals surface area contributed by atoms with Crippen molar-refractivity contribution in [3.05, 3.63) is 53.9 Å². The lowest BCUT2D eigenvalue weighted by Gasteiger charge is -2.28. The Bertz CT molecular complexity index is 1260. The molecule has 5 nitrogen and oxygen atoms in total. The third-order valence-corrected chi connectivity index (χ3v) is 5.06. The van der Waals surface area contributed by atoms with Crippen LogP contribution in [-0.2, 0) is 0 Å². The molecule has 0 fully saturated rings. The Hall–Kier alpha value is -3.08. The van der Waals surface area contributed by atoms with Gasteiger partial charge in [-0.1, -0.05) is 12.1 Å². The summed E-state index contributed by atoms with van der Waals surface area (Å²) < 4.78 is 30.3. The smallest absolute Gasteiger partial charge is 0.227 e. The fraction of sp³-hybridized carbons (Fsp3) is 0.238. The summed E-state index contributed by atoms with van der Waals surface area (Å²) in [6, 6.07) is 11.6. The van der Waals surface area contributed by atoms with Crippen molar-refractivity contribution >= 4 is 39.3 Å². The van der Waals surface area contributed by atoms with E-state index in [-0.39, 0.29) is 0 Å². The van der Waals surface area contributed by atoms with Crippen LogP contribution in [0.5, 0.6) is 0 Å². The first-order chi connectivity index (χ1) is 13.8. The maximum atomic E-state index is 8.04. The summed E-state index contributed by atoms with van der Waals surface area (Å²) in [5.74, 6) is 0.608. The van der Waals surface area contributed by atoms with Gasteiger partial charge in [0.15, 0.2) is 11.4 Å². The molecule has 1 aliphatic rings. The van der Waals surface area contributed by atoms with Crippen LogP contribution in [0.15, 0.2) is 47.0 Å². The molecule has 26 heavy (non-hydrogen) atoms. The quantitative estimate of drug-likeness (QED) is 0.489. The molecule has 130 valence electrons. The predicted molar refractivity (Wildman–Crippen MR) is 105 cm³/mol. The van der Waals surface area contributed by atoms with Crippen LogP contribution in [0.3, 0.4) is 0 Å². The molecular formula is C21H20N4O. The Labute approximate surface area is 156 Å². The number of hydrogen-bond donors (Lipinski definition) is 0. The zero-order valence-corrected chi connectivity index (χ0v) is 14.8. The lowest BCUT2D eigenvalue weighted by molar-refractivity contribution is 0.646. The first-order valence-corrected chi connectivity index (χ1v) is 8.60. The van der Waals surface area contributed by atoms with Gasteiger partial charge in [0.25, 0.3) is 0 Å². The van der Waals surface area contributed by atoms with Crippen LogP contribution in [0.2, 0.25) is 0 Å². The first kappa shape index (κ1) is 12.3. The van der Waals surface area contributed by atoms with E-state index >= 15 is 0 Å². The van der Waals surface area contributed by atoms with Crippen LogP contribution in [0, 0.1) is 13.8 Å². The van der Waals surface area contributed by atoms with Crippen molar-refractivity contribution in [3.8, 4) is 0 Å². The number of benzene rings is 1. The van der Waals surface area contributed by atoms with Crippen molar-refractivity contribution in [2.24, 2.45) is 0 Å². The summed E-state index contributed by atoms with van der Waals surface area (Å²) in [6.45, 7) is 3.50. The summed E-state index contributed by atoms with van der Waals surface area (Å²) in [5, 5.41) is 1.89. The summed E-state index contributed by atoms with van der Waals surface area (Å²) in [7, 11) is 0. The minimum Gasteiger partial charge on any atom is -0.435 e. The van der Waals surface area contributed by atoms with E-state index in [9.17, 15) is 0 Å². The Morgan fingerprint density at radius 3 is 2.81 bits per heavy atom. The molecule has 4 aromatic rings. The van der Waals surface area contributed by atoms with Gasteiger partial charge in [-0.25, -0.2) is 9.97 Å². The Kier molecular flexibility index (Phi) is 2.46. The van der Waals surface area contributed by atoms with Crippen molar-refractivity contribution in [1.82, 2.24) is 9.97 Å². The molecule has 0 amide bonds. The Morgan fingerprint density at radius 1 is 1.12 bits per heavy atom. The third kappa shape index (κ3) is 1.91. The third-order valence-electron chi connectivity index (χ3n) is 5.06. The molecule has 5 rings (SSSR count). The van der Waals surface area contributed by atoms with Gasteiger partial charge in [0.05, 0.1) is 11.4 Å². The molecule has 4 heterocycles. The second-order valence-corrected chi connectivity index (χ2v) is 6.73. The van der Waals surface area contributed by atoms with Crippen molar-refractivity contribution in [3.63, 3.8) is 0 Å². The minimum absolute atomic E-state index is 0.459. The Balaban J connectivity index is 1.81. The van der Waals surface area contributed by atoms with Crippen LogP contribution in [0.1, 0.15) is 22.3 Å². The molecule has 0 saturated heterocycles. The standard InChI is InChI=1S/C21H20N4O/c1-12-7-9-15-16-10-8-13(2)23-21(16)26-19(15)18(12)25-14(3)24(4)17-6-5-11-22-20(17)25/h5-11,14H,1-4H3/i4D3. The molecular weight excluding hydrogens is 324 g/mol. The van der Waals surface area contributed by atoms with Gasteiger partial charge in [-0.05, 0) is 50.6 Å². The van der Waals surface area contributed by atoms with Gasteiger partial charge in [-0.15, -0.1) is 0 Å². The van der Waals surface area contributed by atoms with E-state index in [0.717, 1.165) is 27.7 Å². The molecule has 0 N–H and O–H groups in total. The zero-order chi connectivity index (χ0) is 20.5. The van der Waals surface area contributed by atoms with E-state index in [0.29, 0.717) is 22.8 Å². The number of aromatic nitrogens is 2. The first-order valence-electron chi connectivity index (χ1n) is 10.1. The summed E-state index contributed by atoms with van der Waals surface area (Å²) >= 11 is 0. The van der Waals surface area contributed by atoms with Crippen LogP contribution in [0.4, 0.5) is 17.2 Å². The summed E-state index contributed by atoms with van der Waals surface area (Å²) in [6.07, 6.45) is 1.22. The molecule has 0 aliphatic carbocycles. The topological polar surface area (TPSA) is 45.4 Å². The SMILES string of the molecule is [2H]C([2H])([2H])N1c2cccnc2N(c2c(C)ccc3c2oc2nc(C)ccc23)C1C. The van der Waals surface area contributed by atoms with Crippen LogP contribution in [0.25, 0.3) is 22.1 Å². The maximum absolute atomic E-state index is 8.04. The van der Waals surface area contributed by atoms with Crippen molar-refractivity contribution in [1.29, 1.82) is 0 Å². The molecule has 3 aromatic heterocycles. The lowest BCUT2D eigenvalue weighted by atomic mass is 10.1. The minimum atomic E-state index is -2.29. The molecule has 0 saturated carbocycles. The average Bonchev–Trinajstić information content (AvgIpc) is 3.15. The number of fused-ring (bicyclic) bond motifs is 4. The number of pyridine rings is 2. The second kappa shape index (κ2) is 5.21. The normalized spacial score (nSPS) is 18.9. The van der Waals surface area contributed by atoms with Gasteiger partial charge >= 0.3 is 0 Å². The average molecular weight is 347 g/mol. The van der Waals surface area contributed by atoms with E-state index in [1.165, 1.54) is 4.90 Å². The van der Waals surface area contributed by atoms with Gasteiger partial charge in [0.1, 0.15) is 6.17 Å². The van der Waals surface area contributed by atoms with E-state index < -0.39 is 13.1 Å². The number of furan rings is 1. The molecule has 0 bridgehead atoms. The maximum Gasteiger partial charge on any atom is 0.227 e. The second-order valence-electron chi connectivity index (χ2n) is 6.73. The van der Waals surface area contributed by atoms with Gasteiger partial charge in [0, 0.05) is 33.8 Å². The zero-order valence-electron chi connectivity index (χ0n) is 17.8. The van der Waals surface area contributed by atoms with Gasteiger partial charge < -0.3 is 14.2 Å². The van der Waals surface area contributed by atoms with Crippen LogP contribution < -0.4 is 9.80 Å². The molecule has 5 heteroatoms. The highest BCUT2D eigenvalue weighted by atomic mass is 16.3. The highest BCUT2D eigenvalue weighted by Gasteiger charge is 2.35. The summed E-state index contributed by atoms with van der Waals surface area (Å²) in [5.41, 5.74) is 4.52. The fourth-order valence-corrected chi connectivity index (χ4v) is 3.75. The number of nitrogens with zero attached hydrogens (tertiary/aromatic N) is 4. The van der Waals surface area contributed by atoms with Gasteiger partial charge in [0.2, 0.25) is 5.71 Å². The molecule has 1 atom stereocenters. The highest BCUT2D eigenvalue weighted by molar-refractivity contribution is 6.09. The van der Waals surface area contributed by atoms with E-state index in [4.69, 9.17) is 8.53 Å². The van der Waals surface area contributed by atoms with E-state index in [1.807, 2.05) is 49.9 Å². The van der Waals surface area contributed by atoms with E-state index in [1.54, 1.807) is 18.3 Å². The lowest BCUT2D eigenvalue weighted by Crippen LogP contribution is -2.36. The largest absolute Gasteiger partial charge is 0.435 e. The Morgan fingerprint density at radius 2 is 1.96 bits per heavy atom. The molecule has 1 aromatic carbocycles. The highest BCUT2D eigenvalue weighted by Crippen LogP contribution is 2.46. The number of aryl methyl sites for hydroxylation is 2. The fourth-order valence-electron chi connectivity index (χ4n) is 3.75. The molecule has 0 spiro atoms.